The van der Waals surface area contributed by atoms with Crippen molar-refractivity contribution in [3.8, 4) is 0 Å². The zero-order valence-electron chi connectivity index (χ0n) is 22.6. The van der Waals surface area contributed by atoms with E-state index in [-0.39, 0.29) is 24.9 Å². The van der Waals surface area contributed by atoms with Crippen LogP contribution in [0.3, 0.4) is 0 Å². The van der Waals surface area contributed by atoms with Crippen LogP contribution in [-0.4, -0.2) is 58.5 Å². The smallest absolute Gasteiger partial charge is 0.408 e. The standard InChI is InChI=1S/C27H41N3O6/c1-8-27(7,29-25(34)36-26(4,5)6)24(33)28-21(18(2)3)22(31)30-16-12-15-20(30)23(32)35-17-19-13-10-9-11-14-19/h9-11,13-14,18,20-21H,8,12,15-17H2,1-7H3,(H,28,33)(H,29,34)/t20-,21+,27+/m1/s1. The second-order valence-corrected chi connectivity index (χ2v) is 10.8. The Morgan fingerprint density at radius 3 is 2.28 bits per heavy atom. The van der Waals surface area contributed by atoms with E-state index in [1.165, 1.54) is 4.90 Å². The molecule has 2 rings (SSSR count). The number of rotatable bonds is 9. The van der Waals surface area contributed by atoms with Crippen LogP contribution in [0.2, 0.25) is 0 Å². The monoisotopic (exact) mass is 503 g/mol. The van der Waals surface area contributed by atoms with Gasteiger partial charge in [0.2, 0.25) is 11.8 Å². The first-order chi connectivity index (χ1) is 16.8. The van der Waals surface area contributed by atoms with Gasteiger partial charge in [-0.05, 0) is 58.4 Å². The number of ether oxygens (including phenoxy) is 2. The van der Waals surface area contributed by atoms with Crippen LogP contribution in [0.1, 0.15) is 73.3 Å². The zero-order chi connectivity index (χ0) is 27.1. The average Bonchev–Trinajstić information content (AvgIpc) is 3.29. The van der Waals surface area contributed by atoms with Crippen LogP contribution in [0, 0.1) is 5.92 Å². The highest BCUT2D eigenvalue weighted by Crippen LogP contribution is 2.23. The third-order valence-corrected chi connectivity index (χ3v) is 6.24. The summed E-state index contributed by atoms with van der Waals surface area (Å²) in [6, 6.07) is 7.79. The summed E-state index contributed by atoms with van der Waals surface area (Å²) in [7, 11) is 0. The minimum Gasteiger partial charge on any atom is -0.459 e. The Kier molecular flexibility index (Phi) is 9.90. The molecule has 36 heavy (non-hydrogen) atoms. The summed E-state index contributed by atoms with van der Waals surface area (Å²) in [4.78, 5) is 53.5. The molecule has 1 aliphatic heterocycles. The number of hydrogen-bond acceptors (Lipinski definition) is 6. The molecule has 9 heteroatoms. The fraction of sp³-hybridized carbons (Fsp3) is 0.630. The molecule has 0 aromatic heterocycles. The van der Waals surface area contributed by atoms with E-state index in [9.17, 15) is 19.2 Å². The van der Waals surface area contributed by atoms with Crippen molar-refractivity contribution in [3.63, 3.8) is 0 Å². The number of nitrogens with one attached hydrogen (secondary N) is 2. The van der Waals surface area contributed by atoms with Gasteiger partial charge in [-0.2, -0.15) is 0 Å². The third kappa shape index (κ3) is 7.96. The molecule has 3 atom stereocenters. The summed E-state index contributed by atoms with van der Waals surface area (Å²) in [6.45, 7) is 12.8. The van der Waals surface area contributed by atoms with Crippen molar-refractivity contribution in [2.24, 2.45) is 5.92 Å². The normalized spacial score (nSPS) is 18.2. The van der Waals surface area contributed by atoms with Crippen molar-refractivity contribution in [1.29, 1.82) is 0 Å². The molecule has 1 aromatic rings. The first kappa shape index (κ1) is 29.1. The van der Waals surface area contributed by atoms with Gasteiger partial charge in [0, 0.05) is 6.54 Å². The molecule has 1 fully saturated rings. The molecule has 0 spiro atoms. The van der Waals surface area contributed by atoms with Crippen LogP contribution in [0.25, 0.3) is 0 Å². The van der Waals surface area contributed by atoms with Crippen LogP contribution in [0.15, 0.2) is 30.3 Å². The maximum atomic E-state index is 13.5. The SMILES string of the molecule is CC[C@](C)(NC(=O)OC(C)(C)C)C(=O)N[C@H](C(=O)N1CCC[C@@H]1C(=O)OCc1ccccc1)C(C)C. The van der Waals surface area contributed by atoms with Crippen LogP contribution >= 0.6 is 0 Å². The molecule has 1 heterocycles. The van der Waals surface area contributed by atoms with Gasteiger partial charge in [0.25, 0.3) is 0 Å². The number of hydrogen-bond donors (Lipinski definition) is 2. The Morgan fingerprint density at radius 2 is 1.72 bits per heavy atom. The average molecular weight is 504 g/mol. The van der Waals surface area contributed by atoms with Gasteiger partial charge >= 0.3 is 12.1 Å². The Bertz CT molecular complexity index is 927. The summed E-state index contributed by atoms with van der Waals surface area (Å²) in [6.07, 6.45) is 0.748. The number of benzene rings is 1. The lowest BCUT2D eigenvalue weighted by Crippen LogP contribution is -2.62. The highest BCUT2D eigenvalue weighted by Gasteiger charge is 2.42. The number of carbonyl (C=O) groups is 4. The van der Waals surface area contributed by atoms with Crippen LogP contribution < -0.4 is 10.6 Å². The van der Waals surface area contributed by atoms with Crippen molar-refractivity contribution >= 4 is 23.9 Å². The van der Waals surface area contributed by atoms with Crippen molar-refractivity contribution in [2.45, 2.75) is 97.6 Å². The molecule has 0 radical (unpaired) electrons. The van der Waals surface area contributed by atoms with E-state index < -0.39 is 41.2 Å². The van der Waals surface area contributed by atoms with E-state index in [0.29, 0.717) is 19.4 Å². The van der Waals surface area contributed by atoms with Crippen LogP contribution in [0.5, 0.6) is 0 Å². The Balaban J connectivity index is 2.09. The molecule has 0 unspecified atom stereocenters. The van der Waals surface area contributed by atoms with Gasteiger partial charge < -0.3 is 25.0 Å². The van der Waals surface area contributed by atoms with Crippen molar-refractivity contribution < 1.29 is 28.7 Å². The molecule has 3 amide bonds. The van der Waals surface area contributed by atoms with Gasteiger partial charge in [-0.25, -0.2) is 9.59 Å². The minimum atomic E-state index is -1.28. The largest absolute Gasteiger partial charge is 0.459 e. The van der Waals surface area contributed by atoms with E-state index in [2.05, 4.69) is 10.6 Å². The molecular weight excluding hydrogens is 462 g/mol. The number of amides is 3. The summed E-state index contributed by atoms with van der Waals surface area (Å²) >= 11 is 0. The van der Waals surface area contributed by atoms with E-state index in [4.69, 9.17) is 9.47 Å². The van der Waals surface area contributed by atoms with E-state index in [0.717, 1.165) is 5.56 Å². The molecule has 0 bridgehead atoms. The Hall–Kier alpha value is -3.10. The minimum absolute atomic E-state index is 0.133. The lowest BCUT2D eigenvalue weighted by molar-refractivity contribution is -0.155. The number of nitrogens with zero attached hydrogens (tertiary/aromatic N) is 1. The molecule has 9 nitrogen and oxygen atoms in total. The predicted molar refractivity (Wildman–Crippen MR) is 136 cm³/mol. The summed E-state index contributed by atoms with van der Waals surface area (Å²) in [5, 5.41) is 5.46. The van der Waals surface area contributed by atoms with Crippen molar-refractivity contribution in [2.75, 3.05) is 6.54 Å². The molecule has 200 valence electrons. The molecule has 0 aliphatic carbocycles. The Morgan fingerprint density at radius 1 is 1.08 bits per heavy atom. The predicted octanol–water partition coefficient (Wildman–Crippen LogP) is 3.56. The van der Waals surface area contributed by atoms with E-state index in [1.807, 2.05) is 44.2 Å². The highest BCUT2D eigenvalue weighted by atomic mass is 16.6. The second-order valence-electron chi connectivity index (χ2n) is 10.8. The lowest BCUT2D eigenvalue weighted by atomic mass is 9.95. The van der Waals surface area contributed by atoms with Gasteiger partial charge in [0.15, 0.2) is 0 Å². The maximum Gasteiger partial charge on any atom is 0.408 e. The maximum absolute atomic E-state index is 13.5. The van der Waals surface area contributed by atoms with Gasteiger partial charge in [-0.3, -0.25) is 9.59 Å². The van der Waals surface area contributed by atoms with Gasteiger partial charge in [-0.15, -0.1) is 0 Å². The molecule has 1 aromatic carbocycles. The summed E-state index contributed by atoms with van der Waals surface area (Å²) in [5.41, 5.74) is -1.13. The Labute approximate surface area is 214 Å². The van der Waals surface area contributed by atoms with Gasteiger partial charge in [0.1, 0.15) is 29.8 Å². The molecular formula is C27H41N3O6. The third-order valence-electron chi connectivity index (χ3n) is 6.24. The quantitative estimate of drug-likeness (QED) is 0.498. The number of likely N-dealkylation sites (tertiary alicyclic amines) is 1. The fourth-order valence-electron chi connectivity index (χ4n) is 3.93. The van der Waals surface area contributed by atoms with Crippen molar-refractivity contribution in [3.05, 3.63) is 35.9 Å². The number of alkyl carbamates (subject to hydrolysis) is 1. The van der Waals surface area contributed by atoms with Crippen LogP contribution in [-0.2, 0) is 30.5 Å². The van der Waals surface area contributed by atoms with Crippen molar-refractivity contribution in [1.82, 2.24) is 15.5 Å². The first-order valence-electron chi connectivity index (χ1n) is 12.6. The number of esters is 1. The fourth-order valence-corrected chi connectivity index (χ4v) is 3.93. The molecule has 1 saturated heterocycles. The van der Waals surface area contributed by atoms with Gasteiger partial charge in [0.05, 0.1) is 0 Å². The summed E-state index contributed by atoms with van der Waals surface area (Å²) < 4.78 is 10.8. The molecule has 0 saturated carbocycles. The number of carbonyl (C=O) groups excluding carboxylic acids is 4. The van der Waals surface area contributed by atoms with Gasteiger partial charge in [-0.1, -0.05) is 51.1 Å². The molecule has 2 N–H and O–H groups in total. The topological polar surface area (TPSA) is 114 Å². The first-order valence-corrected chi connectivity index (χ1v) is 12.6. The summed E-state index contributed by atoms with van der Waals surface area (Å²) in [5.74, 6) is -1.53. The lowest BCUT2D eigenvalue weighted by Gasteiger charge is -2.34. The zero-order valence-corrected chi connectivity index (χ0v) is 22.6. The van der Waals surface area contributed by atoms with E-state index >= 15 is 0 Å². The highest BCUT2D eigenvalue weighted by molar-refractivity contribution is 5.95. The molecule has 1 aliphatic rings. The second kappa shape index (κ2) is 12.2. The van der Waals surface area contributed by atoms with Crippen LogP contribution in [0.4, 0.5) is 4.79 Å². The van der Waals surface area contributed by atoms with E-state index in [1.54, 1.807) is 34.6 Å².